The van der Waals surface area contributed by atoms with Crippen molar-refractivity contribution in [1.82, 2.24) is 5.32 Å². The molecule has 1 rings (SSSR count). The molecule has 0 saturated heterocycles. The minimum atomic E-state index is -0.318. The molecule has 0 aromatic heterocycles. The SMILES string of the molecule is CCCCNC(=O)C(C)Nc1ccc(C#N)cc1Br. The van der Waals surface area contributed by atoms with Crippen LogP contribution in [0, 0.1) is 11.3 Å². The number of nitrogens with zero attached hydrogens (tertiary/aromatic N) is 1. The molecule has 1 aromatic carbocycles. The van der Waals surface area contributed by atoms with Crippen LogP contribution in [0.25, 0.3) is 0 Å². The van der Waals surface area contributed by atoms with Crippen LogP contribution in [-0.4, -0.2) is 18.5 Å². The summed E-state index contributed by atoms with van der Waals surface area (Å²) in [6.07, 6.45) is 2.04. The number of rotatable bonds is 6. The lowest BCUT2D eigenvalue weighted by molar-refractivity contribution is -0.121. The minimum Gasteiger partial charge on any atom is -0.373 e. The first-order valence-corrected chi connectivity index (χ1v) is 7.11. The number of nitrogens with one attached hydrogen (secondary N) is 2. The van der Waals surface area contributed by atoms with E-state index in [0.717, 1.165) is 23.0 Å². The fourth-order valence-electron chi connectivity index (χ4n) is 1.54. The molecule has 0 radical (unpaired) electrons. The number of halogens is 1. The Morgan fingerprint density at radius 3 is 2.84 bits per heavy atom. The second-order valence-electron chi connectivity index (χ2n) is 4.32. The molecule has 0 aliphatic heterocycles. The molecule has 0 fully saturated rings. The van der Waals surface area contributed by atoms with E-state index >= 15 is 0 Å². The molecule has 0 saturated carbocycles. The van der Waals surface area contributed by atoms with Gasteiger partial charge in [0.15, 0.2) is 0 Å². The maximum atomic E-state index is 11.8. The van der Waals surface area contributed by atoms with Gasteiger partial charge >= 0.3 is 0 Å². The summed E-state index contributed by atoms with van der Waals surface area (Å²) in [6.45, 7) is 4.60. The lowest BCUT2D eigenvalue weighted by Crippen LogP contribution is -2.38. The summed E-state index contributed by atoms with van der Waals surface area (Å²) in [7, 11) is 0. The number of carbonyl (C=O) groups excluding carboxylic acids is 1. The molecular weight excluding hydrogens is 306 g/mol. The van der Waals surface area contributed by atoms with Gasteiger partial charge in [0.25, 0.3) is 0 Å². The van der Waals surface area contributed by atoms with E-state index in [2.05, 4.69) is 39.6 Å². The van der Waals surface area contributed by atoms with E-state index in [1.807, 2.05) is 6.92 Å². The Labute approximate surface area is 122 Å². The highest BCUT2D eigenvalue weighted by molar-refractivity contribution is 9.10. The zero-order valence-electron chi connectivity index (χ0n) is 11.2. The standard InChI is InChI=1S/C14H18BrN3O/c1-3-4-7-17-14(19)10(2)18-13-6-5-11(9-16)8-12(13)15/h5-6,8,10,18H,3-4,7H2,1-2H3,(H,17,19). The monoisotopic (exact) mass is 323 g/mol. The van der Waals surface area contributed by atoms with Crippen molar-refractivity contribution in [3.63, 3.8) is 0 Å². The van der Waals surface area contributed by atoms with Crippen LogP contribution < -0.4 is 10.6 Å². The maximum absolute atomic E-state index is 11.8. The van der Waals surface area contributed by atoms with Gasteiger partial charge in [-0.05, 0) is 47.5 Å². The quantitative estimate of drug-likeness (QED) is 0.791. The van der Waals surface area contributed by atoms with Crippen molar-refractivity contribution in [2.45, 2.75) is 32.7 Å². The van der Waals surface area contributed by atoms with Gasteiger partial charge in [-0.2, -0.15) is 5.26 Å². The van der Waals surface area contributed by atoms with Gasteiger partial charge in [-0.1, -0.05) is 13.3 Å². The molecule has 1 unspecified atom stereocenters. The second kappa shape index (κ2) is 7.80. The van der Waals surface area contributed by atoms with Gasteiger partial charge < -0.3 is 10.6 Å². The third-order valence-electron chi connectivity index (χ3n) is 2.69. The molecule has 1 aromatic rings. The highest BCUT2D eigenvalue weighted by Crippen LogP contribution is 2.24. The number of nitriles is 1. The van der Waals surface area contributed by atoms with Gasteiger partial charge in [0.2, 0.25) is 5.91 Å². The second-order valence-corrected chi connectivity index (χ2v) is 5.17. The number of amides is 1. The Hall–Kier alpha value is -1.54. The van der Waals surface area contributed by atoms with Crippen molar-refractivity contribution in [3.05, 3.63) is 28.2 Å². The molecule has 1 amide bonds. The summed E-state index contributed by atoms with van der Waals surface area (Å²) in [4.78, 5) is 11.8. The van der Waals surface area contributed by atoms with E-state index in [-0.39, 0.29) is 11.9 Å². The zero-order chi connectivity index (χ0) is 14.3. The largest absolute Gasteiger partial charge is 0.373 e. The molecule has 19 heavy (non-hydrogen) atoms. The Kier molecular flexibility index (Phi) is 6.37. The highest BCUT2D eigenvalue weighted by Gasteiger charge is 2.13. The van der Waals surface area contributed by atoms with Gasteiger partial charge in [-0.15, -0.1) is 0 Å². The third-order valence-corrected chi connectivity index (χ3v) is 3.35. The molecule has 0 aliphatic carbocycles. The van der Waals surface area contributed by atoms with E-state index < -0.39 is 0 Å². The van der Waals surface area contributed by atoms with E-state index in [1.54, 1.807) is 18.2 Å². The molecular formula is C14H18BrN3O. The first-order valence-electron chi connectivity index (χ1n) is 6.32. The molecule has 1 atom stereocenters. The van der Waals surface area contributed by atoms with Gasteiger partial charge in [0.1, 0.15) is 6.04 Å². The van der Waals surface area contributed by atoms with Gasteiger partial charge in [0, 0.05) is 16.7 Å². The smallest absolute Gasteiger partial charge is 0.242 e. The molecule has 5 heteroatoms. The van der Waals surface area contributed by atoms with Crippen LogP contribution in [0.15, 0.2) is 22.7 Å². The van der Waals surface area contributed by atoms with Crippen molar-refractivity contribution in [1.29, 1.82) is 5.26 Å². The van der Waals surface area contributed by atoms with Crippen LogP contribution in [0.1, 0.15) is 32.3 Å². The average molecular weight is 324 g/mol. The Morgan fingerprint density at radius 2 is 2.26 bits per heavy atom. The maximum Gasteiger partial charge on any atom is 0.242 e. The predicted octanol–water partition coefficient (Wildman–Crippen LogP) is 3.04. The minimum absolute atomic E-state index is 0.0234. The topological polar surface area (TPSA) is 64.9 Å². The highest BCUT2D eigenvalue weighted by atomic mass is 79.9. The first-order chi connectivity index (χ1) is 9.08. The van der Waals surface area contributed by atoms with Crippen molar-refractivity contribution in [2.24, 2.45) is 0 Å². The fraction of sp³-hybridized carbons (Fsp3) is 0.429. The van der Waals surface area contributed by atoms with Crippen LogP contribution in [0.5, 0.6) is 0 Å². The molecule has 102 valence electrons. The number of anilines is 1. The first kappa shape index (κ1) is 15.5. The molecule has 0 heterocycles. The lowest BCUT2D eigenvalue weighted by atomic mass is 10.2. The number of carbonyl (C=O) groups is 1. The summed E-state index contributed by atoms with van der Waals surface area (Å²) in [5, 5.41) is 14.8. The Bertz CT molecular complexity index is 482. The number of benzene rings is 1. The van der Waals surface area contributed by atoms with E-state index in [9.17, 15) is 4.79 Å². The number of unbranched alkanes of at least 4 members (excludes halogenated alkanes) is 1. The summed E-state index contributed by atoms with van der Waals surface area (Å²) >= 11 is 3.38. The number of hydrogen-bond acceptors (Lipinski definition) is 3. The molecule has 0 aliphatic rings. The van der Waals surface area contributed by atoms with Gasteiger partial charge in [-0.25, -0.2) is 0 Å². The van der Waals surface area contributed by atoms with Crippen LogP contribution in [-0.2, 0) is 4.79 Å². The van der Waals surface area contributed by atoms with Gasteiger partial charge in [0.05, 0.1) is 11.6 Å². The summed E-state index contributed by atoms with van der Waals surface area (Å²) in [5.41, 5.74) is 1.38. The van der Waals surface area contributed by atoms with Crippen LogP contribution >= 0.6 is 15.9 Å². The van der Waals surface area contributed by atoms with Crippen LogP contribution in [0.2, 0.25) is 0 Å². The predicted molar refractivity (Wildman–Crippen MR) is 79.9 cm³/mol. The van der Waals surface area contributed by atoms with Crippen molar-refractivity contribution < 1.29 is 4.79 Å². The number of hydrogen-bond donors (Lipinski definition) is 2. The van der Waals surface area contributed by atoms with Crippen molar-refractivity contribution in [2.75, 3.05) is 11.9 Å². The molecule has 0 spiro atoms. The fourth-order valence-corrected chi connectivity index (χ4v) is 2.04. The van der Waals surface area contributed by atoms with E-state index in [4.69, 9.17) is 5.26 Å². The zero-order valence-corrected chi connectivity index (χ0v) is 12.8. The Morgan fingerprint density at radius 1 is 1.53 bits per heavy atom. The van der Waals surface area contributed by atoms with Gasteiger partial charge in [-0.3, -0.25) is 4.79 Å². The molecule has 0 bridgehead atoms. The average Bonchev–Trinajstić information content (AvgIpc) is 2.41. The summed E-state index contributed by atoms with van der Waals surface area (Å²) < 4.78 is 0.778. The lowest BCUT2D eigenvalue weighted by Gasteiger charge is -2.16. The molecule has 2 N–H and O–H groups in total. The van der Waals surface area contributed by atoms with Crippen molar-refractivity contribution in [3.8, 4) is 6.07 Å². The Balaban J connectivity index is 2.59. The normalized spacial score (nSPS) is 11.5. The van der Waals surface area contributed by atoms with Crippen LogP contribution in [0.3, 0.4) is 0 Å². The van der Waals surface area contributed by atoms with E-state index in [0.29, 0.717) is 12.1 Å². The summed E-state index contributed by atoms with van der Waals surface area (Å²) in [6, 6.07) is 6.98. The third kappa shape index (κ3) is 4.92. The molecule has 4 nitrogen and oxygen atoms in total. The van der Waals surface area contributed by atoms with E-state index in [1.165, 1.54) is 0 Å². The summed E-state index contributed by atoms with van der Waals surface area (Å²) in [5.74, 6) is -0.0234. The van der Waals surface area contributed by atoms with Crippen LogP contribution in [0.4, 0.5) is 5.69 Å². The van der Waals surface area contributed by atoms with Crippen molar-refractivity contribution >= 4 is 27.5 Å².